The zero-order valence-electron chi connectivity index (χ0n) is 11.5. The van der Waals surface area contributed by atoms with Crippen LogP contribution in [0, 0.1) is 0 Å². The molecular formula is C18H20O2. The Morgan fingerprint density at radius 2 is 1.55 bits per heavy atom. The van der Waals surface area contributed by atoms with E-state index < -0.39 is 5.60 Å². The van der Waals surface area contributed by atoms with Crippen LogP contribution in [0.15, 0.2) is 60.7 Å². The molecule has 2 aromatic rings. The molecule has 1 fully saturated rings. The fraction of sp³-hybridized carbons (Fsp3) is 0.333. The van der Waals surface area contributed by atoms with Gasteiger partial charge in [0.1, 0.15) is 17.5 Å². The SMILES string of the molecule is O[C@@]1(c2ccccc2)CCCC[C@@H]1Oc1ccccc1. The Morgan fingerprint density at radius 3 is 2.25 bits per heavy atom. The van der Waals surface area contributed by atoms with Crippen LogP contribution in [0.25, 0.3) is 0 Å². The molecule has 2 heteroatoms. The first-order chi connectivity index (χ1) is 9.79. The Labute approximate surface area is 120 Å². The van der Waals surface area contributed by atoms with Gasteiger partial charge in [0.25, 0.3) is 0 Å². The van der Waals surface area contributed by atoms with Crippen LogP contribution in [0.2, 0.25) is 0 Å². The van der Waals surface area contributed by atoms with Crippen LogP contribution in [-0.4, -0.2) is 11.2 Å². The van der Waals surface area contributed by atoms with E-state index in [-0.39, 0.29) is 6.10 Å². The third-order valence-electron chi connectivity index (χ3n) is 4.10. The topological polar surface area (TPSA) is 29.5 Å². The highest BCUT2D eigenvalue weighted by molar-refractivity contribution is 5.27. The van der Waals surface area contributed by atoms with Gasteiger partial charge in [-0.2, -0.15) is 0 Å². The van der Waals surface area contributed by atoms with Crippen molar-refractivity contribution < 1.29 is 9.84 Å². The molecule has 0 amide bonds. The van der Waals surface area contributed by atoms with Crippen molar-refractivity contribution in [3.63, 3.8) is 0 Å². The number of aliphatic hydroxyl groups is 1. The molecule has 3 rings (SSSR count). The van der Waals surface area contributed by atoms with E-state index in [2.05, 4.69) is 0 Å². The quantitative estimate of drug-likeness (QED) is 0.915. The molecule has 0 spiro atoms. The molecule has 0 aromatic heterocycles. The van der Waals surface area contributed by atoms with Crippen molar-refractivity contribution >= 4 is 0 Å². The molecule has 104 valence electrons. The zero-order chi connectivity index (χ0) is 13.8. The maximum absolute atomic E-state index is 11.1. The molecule has 0 radical (unpaired) electrons. The minimum atomic E-state index is -0.880. The normalized spacial score (nSPS) is 26.1. The molecule has 1 N–H and O–H groups in total. The van der Waals surface area contributed by atoms with Gasteiger partial charge in [0, 0.05) is 0 Å². The van der Waals surface area contributed by atoms with E-state index in [9.17, 15) is 5.11 Å². The van der Waals surface area contributed by atoms with Gasteiger partial charge >= 0.3 is 0 Å². The summed E-state index contributed by atoms with van der Waals surface area (Å²) in [4.78, 5) is 0. The van der Waals surface area contributed by atoms with Crippen molar-refractivity contribution in [3.05, 3.63) is 66.2 Å². The van der Waals surface area contributed by atoms with E-state index in [0.29, 0.717) is 0 Å². The minimum Gasteiger partial charge on any atom is -0.487 e. The van der Waals surface area contributed by atoms with Crippen LogP contribution in [0.4, 0.5) is 0 Å². The van der Waals surface area contributed by atoms with Gasteiger partial charge in [0.05, 0.1) is 0 Å². The summed E-state index contributed by atoms with van der Waals surface area (Å²) in [5.41, 5.74) is 0.0793. The van der Waals surface area contributed by atoms with Crippen LogP contribution >= 0.6 is 0 Å². The van der Waals surface area contributed by atoms with Gasteiger partial charge in [-0.05, 0) is 43.4 Å². The van der Waals surface area contributed by atoms with Crippen molar-refractivity contribution in [1.29, 1.82) is 0 Å². The summed E-state index contributed by atoms with van der Waals surface area (Å²) < 4.78 is 6.08. The Bertz CT molecular complexity index is 538. The first kappa shape index (κ1) is 13.2. The van der Waals surface area contributed by atoms with E-state index in [0.717, 1.165) is 37.0 Å². The molecule has 2 nitrogen and oxygen atoms in total. The first-order valence-corrected chi connectivity index (χ1v) is 7.29. The summed E-state index contributed by atoms with van der Waals surface area (Å²) >= 11 is 0. The van der Waals surface area contributed by atoms with Crippen LogP contribution in [0.3, 0.4) is 0 Å². The molecule has 0 saturated heterocycles. The number of hydrogen-bond donors (Lipinski definition) is 1. The molecule has 1 aliphatic rings. The average Bonchev–Trinajstić information content (AvgIpc) is 2.52. The monoisotopic (exact) mass is 268 g/mol. The summed E-state index contributed by atoms with van der Waals surface area (Å²) in [6, 6.07) is 19.7. The lowest BCUT2D eigenvalue weighted by Crippen LogP contribution is -2.45. The van der Waals surface area contributed by atoms with Gasteiger partial charge in [-0.3, -0.25) is 0 Å². The fourth-order valence-electron chi connectivity index (χ4n) is 3.00. The van der Waals surface area contributed by atoms with E-state index in [1.54, 1.807) is 0 Å². The van der Waals surface area contributed by atoms with E-state index >= 15 is 0 Å². The lowest BCUT2D eigenvalue weighted by molar-refractivity contribution is -0.0933. The maximum Gasteiger partial charge on any atom is 0.131 e. The van der Waals surface area contributed by atoms with E-state index in [1.807, 2.05) is 60.7 Å². The number of ether oxygens (including phenoxy) is 1. The van der Waals surface area contributed by atoms with Gasteiger partial charge in [0.15, 0.2) is 0 Å². The van der Waals surface area contributed by atoms with E-state index in [1.165, 1.54) is 0 Å². The largest absolute Gasteiger partial charge is 0.487 e. The molecule has 0 aliphatic heterocycles. The predicted octanol–water partition coefficient (Wildman–Crippen LogP) is 3.90. The molecule has 2 atom stereocenters. The van der Waals surface area contributed by atoms with Crippen LogP contribution in [0.5, 0.6) is 5.75 Å². The minimum absolute atomic E-state index is 0.180. The smallest absolute Gasteiger partial charge is 0.131 e. The standard InChI is InChI=1S/C18H20O2/c19-18(15-9-3-1-4-10-15)14-8-7-13-17(18)20-16-11-5-2-6-12-16/h1-6,9-12,17,19H,7-8,13-14H2/t17-,18+/m0/s1. The van der Waals surface area contributed by atoms with Crippen molar-refractivity contribution in [1.82, 2.24) is 0 Å². The Morgan fingerprint density at radius 1 is 0.900 bits per heavy atom. The number of para-hydroxylation sites is 1. The second kappa shape index (κ2) is 5.68. The Hall–Kier alpha value is -1.80. The second-order valence-corrected chi connectivity index (χ2v) is 5.46. The van der Waals surface area contributed by atoms with Crippen molar-refractivity contribution in [2.24, 2.45) is 0 Å². The molecule has 20 heavy (non-hydrogen) atoms. The second-order valence-electron chi connectivity index (χ2n) is 5.46. The molecule has 0 heterocycles. The number of rotatable bonds is 3. The molecule has 0 bridgehead atoms. The van der Waals surface area contributed by atoms with Gasteiger partial charge < -0.3 is 9.84 Å². The van der Waals surface area contributed by atoms with Crippen molar-refractivity contribution in [2.75, 3.05) is 0 Å². The zero-order valence-corrected chi connectivity index (χ0v) is 11.5. The summed E-state index contributed by atoms with van der Waals surface area (Å²) in [5.74, 6) is 0.828. The summed E-state index contributed by atoms with van der Waals surface area (Å²) in [6.07, 6.45) is 3.61. The Balaban J connectivity index is 1.87. The summed E-state index contributed by atoms with van der Waals surface area (Å²) in [7, 11) is 0. The van der Waals surface area contributed by atoms with Gasteiger partial charge in [-0.25, -0.2) is 0 Å². The molecule has 0 unspecified atom stereocenters. The van der Waals surface area contributed by atoms with E-state index in [4.69, 9.17) is 4.74 Å². The first-order valence-electron chi connectivity index (χ1n) is 7.29. The highest BCUT2D eigenvalue weighted by atomic mass is 16.5. The van der Waals surface area contributed by atoms with Crippen LogP contribution < -0.4 is 4.74 Å². The van der Waals surface area contributed by atoms with Gasteiger partial charge in [0.2, 0.25) is 0 Å². The summed E-state index contributed by atoms with van der Waals surface area (Å²) in [6.45, 7) is 0. The highest BCUT2D eigenvalue weighted by Gasteiger charge is 2.42. The summed E-state index contributed by atoms with van der Waals surface area (Å²) in [5, 5.41) is 11.1. The van der Waals surface area contributed by atoms with Crippen molar-refractivity contribution in [2.45, 2.75) is 37.4 Å². The van der Waals surface area contributed by atoms with Crippen LogP contribution in [-0.2, 0) is 5.60 Å². The van der Waals surface area contributed by atoms with Gasteiger partial charge in [-0.1, -0.05) is 48.5 Å². The third-order valence-corrected chi connectivity index (χ3v) is 4.10. The fourth-order valence-corrected chi connectivity index (χ4v) is 3.00. The predicted molar refractivity (Wildman–Crippen MR) is 79.7 cm³/mol. The van der Waals surface area contributed by atoms with Crippen molar-refractivity contribution in [3.8, 4) is 5.75 Å². The third kappa shape index (κ3) is 2.56. The number of benzene rings is 2. The molecular weight excluding hydrogens is 248 g/mol. The molecule has 1 aliphatic carbocycles. The average molecular weight is 268 g/mol. The van der Waals surface area contributed by atoms with Gasteiger partial charge in [-0.15, -0.1) is 0 Å². The number of hydrogen-bond acceptors (Lipinski definition) is 2. The highest BCUT2D eigenvalue weighted by Crippen LogP contribution is 2.39. The van der Waals surface area contributed by atoms with Crippen LogP contribution in [0.1, 0.15) is 31.2 Å². The lowest BCUT2D eigenvalue weighted by atomic mass is 9.77. The lowest BCUT2D eigenvalue weighted by Gasteiger charge is -2.40. The molecule has 1 saturated carbocycles. The molecule has 2 aromatic carbocycles. The Kier molecular flexibility index (Phi) is 3.75. The maximum atomic E-state index is 11.1.